The highest BCUT2D eigenvalue weighted by molar-refractivity contribution is 5.93. The molecule has 0 radical (unpaired) electrons. The maximum Gasteiger partial charge on any atom is 0.310 e. The molecular formula is C33H47NO4. The predicted molar refractivity (Wildman–Crippen MR) is 155 cm³/mol. The van der Waals surface area contributed by atoms with Crippen molar-refractivity contribution in [1.82, 2.24) is 0 Å². The second kappa shape index (κ2) is 14.5. The van der Waals surface area contributed by atoms with E-state index in [1.165, 1.54) is 11.1 Å². The number of cyclic esters (lactones) is 1. The number of aryl methyl sites for hydroxylation is 1. The lowest BCUT2D eigenvalue weighted by molar-refractivity contribution is -0.143. The number of methoxy groups -OCH3 is 1. The van der Waals surface area contributed by atoms with E-state index in [4.69, 9.17) is 19.2 Å². The van der Waals surface area contributed by atoms with Crippen molar-refractivity contribution in [1.29, 1.82) is 0 Å². The van der Waals surface area contributed by atoms with Gasteiger partial charge in [-0.2, -0.15) is 0 Å². The van der Waals surface area contributed by atoms with Gasteiger partial charge in [-0.25, -0.2) is 0 Å². The number of hydrogen-bond donors (Lipinski definition) is 0. The third-order valence-electron chi connectivity index (χ3n) is 7.76. The second-order valence-electron chi connectivity index (χ2n) is 11.4. The van der Waals surface area contributed by atoms with E-state index in [1.54, 1.807) is 7.11 Å². The zero-order valence-electron chi connectivity index (χ0n) is 24.4. The molecular weight excluding hydrogens is 474 g/mol. The molecule has 0 saturated carbocycles. The van der Waals surface area contributed by atoms with Crippen LogP contribution in [0.2, 0.25) is 0 Å². The normalized spacial score (nSPS) is 19.6. The summed E-state index contributed by atoms with van der Waals surface area (Å²) in [6.45, 7) is 14.3. The number of ether oxygens (including phenoxy) is 3. The van der Waals surface area contributed by atoms with Crippen LogP contribution < -0.4 is 4.74 Å². The van der Waals surface area contributed by atoms with Crippen LogP contribution >= 0.6 is 0 Å². The van der Waals surface area contributed by atoms with Crippen LogP contribution in [0.15, 0.2) is 53.5 Å². The van der Waals surface area contributed by atoms with Gasteiger partial charge in [0.1, 0.15) is 11.9 Å². The number of carbonyl (C=O) groups is 1. The van der Waals surface area contributed by atoms with Gasteiger partial charge in [0.25, 0.3) is 0 Å². The standard InChI is InChI=1S/C33H47NO4/c1-22(2)28(18-26-15-14-24(5)31(19-26)37-17-11-16-36-7)20-30(32-21-29(23(3)4)33(35)38-32)34-25(6)27-12-9-8-10-13-27/h8-10,12-15,19,22-23,25,28-29,32H,11,16-18,20-21H2,1-7H3/t25-,28+,29+,32?/m1/s1. The molecule has 5 nitrogen and oxygen atoms in total. The van der Waals surface area contributed by atoms with Crippen molar-refractivity contribution >= 4 is 11.7 Å². The minimum atomic E-state index is -0.250. The Bertz CT molecular complexity index is 1050. The molecule has 1 fully saturated rings. The number of hydrogen-bond acceptors (Lipinski definition) is 5. The summed E-state index contributed by atoms with van der Waals surface area (Å²) in [7, 11) is 1.71. The molecule has 1 unspecified atom stereocenters. The van der Waals surface area contributed by atoms with E-state index in [9.17, 15) is 4.79 Å². The van der Waals surface area contributed by atoms with Crippen molar-refractivity contribution in [2.24, 2.45) is 28.7 Å². The molecule has 3 rings (SSSR count). The van der Waals surface area contributed by atoms with Crippen LogP contribution in [0, 0.1) is 30.6 Å². The van der Waals surface area contributed by atoms with Crippen molar-refractivity contribution in [2.45, 2.75) is 79.4 Å². The average molecular weight is 522 g/mol. The predicted octanol–water partition coefficient (Wildman–Crippen LogP) is 7.41. The molecule has 208 valence electrons. The number of rotatable bonds is 14. The SMILES string of the molecule is COCCCOc1cc(C[C@@H](CC(=N[C@H](C)c2ccccc2)C2C[C@@H](C(C)C)C(=O)O2)C(C)C)ccc1C. The van der Waals surface area contributed by atoms with Crippen molar-refractivity contribution < 1.29 is 19.0 Å². The van der Waals surface area contributed by atoms with Crippen molar-refractivity contribution in [3.8, 4) is 5.75 Å². The Morgan fingerprint density at radius 3 is 2.42 bits per heavy atom. The van der Waals surface area contributed by atoms with Gasteiger partial charge in [-0.15, -0.1) is 0 Å². The Labute approximate surface area is 230 Å². The molecule has 38 heavy (non-hydrogen) atoms. The largest absolute Gasteiger partial charge is 0.493 e. The van der Waals surface area contributed by atoms with E-state index < -0.39 is 0 Å². The Morgan fingerprint density at radius 1 is 1.05 bits per heavy atom. The second-order valence-corrected chi connectivity index (χ2v) is 11.4. The first-order chi connectivity index (χ1) is 18.2. The molecule has 0 amide bonds. The summed E-state index contributed by atoms with van der Waals surface area (Å²) in [5.41, 5.74) is 4.59. The minimum absolute atomic E-state index is 0.00212. The van der Waals surface area contributed by atoms with Gasteiger partial charge in [0.05, 0.1) is 24.3 Å². The molecule has 0 bridgehead atoms. The molecule has 5 heteroatoms. The number of aliphatic imine (C=N–C) groups is 1. The summed E-state index contributed by atoms with van der Waals surface area (Å²) >= 11 is 0. The number of carbonyl (C=O) groups excluding carboxylic acids is 1. The summed E-state index contributed by atoms with van der Waals surface area (Å²) in [5, 5.41) is 0. The highest BCUT2D eigenvalue weighted by Gasteiger charge is 2.39. The van der Waals surface area contributed by atoms with Crippen LogP contribution in [0.5, 0.6) is 5.75 Å². The zero-order chi connectivity index (χ0) is 27.7. The van der Waals surface area contributed by atoms with Gasteiger partial charge in [-0.3, -0.25) is 9.79 Å². The van der Waals surface area contributed by atoms with Gasteiger partial charge in [0, 0.05) is 26.6 Å². The van der Waals surface area contributed by atoms with Crippen LogP contribution in [-0.4, -0.2) is 38.1 Å². The molecule has 4 atom stereocenters. The Kier molecular flexibility index (Phi) is 11.4. The van der Waals surface area contributed by atoms with E-state index >= 15 is 0 Å². The van der Waals surface area contributed by atoms with E-state index in [-0.39, 0.29) is 30.0 Å². The smallest absolute Gasteiger partial charge is 0.310 e. The molecule has 0 spiro atoms. The Morgan fingerprint density at radius 2 is 1.79 bits per heavy atom. The monoisotopic (exact) mass is 521 g/mol. The van der Waals surface area contributed by atoms with Crippen molar-refractivity contribution in [3.05, 3.63) is 65.2 Å². The van der Waals surface area contributed by atoms with E-state index in [0.29, 0.717) is 31.5 Å². The van der Waals surface area contributed by atoms with Crippen molar-refractivity contribution in [3.63, 3.8) is 0 Å². The van der Waals surface area contributed by atoms with Gasteiger partial charge in [-0.1, -0.05) is 70.2 Å². The van der Waals surface area contributed by atoms with Crippen LogP contribution in [0.4, 0.5) is 0 Å². The Balaban J connectivity index is 1.83. The molecule has 1 aliphatic rings. The molecule has 2 aromatic carbocycles. The first-order valence-corrected chi connectivity index (χ1v) is 14.2. The van der Waals surface area contributed by atoms with Crippen LogP contribution in [0.1, 0.15) is 76.6 Å². The van der Waals surface area contributed by atoms with Crippen LogP contribution in [-0.2, 0) is 20.7 Å². The van der Waals surface area contributed by atoms with Gasteiger partial charge in [0.15, 0.2) is 0 Å². The Hall–Kier alpha value is -2.66. The first kappa shape index (κ1) is 29.9. The summed E-state index contributed by atoms with van der Waals surface area (Å²) in [6, 6.07) is 16.9. The minimum Gasteiger partial charge on any atom is -0.493 e. The maximum atomic E-state index is 12.7. The molecule has 0 aromatic heterocycles. The quantitative estimate of drug-likeness (QED) is 0.148. The average Bonchev–Trinajstić information content (AvgIpc) is 3.29. The highest BCUT2D eigenvalue weighted by atomic mass is 16.6. The fourth-order valence-corrected chi connectivity index (χ4v) is 5.10. The molecule has 1 heterocycles. The number of benzene rings is 2. The molecule has 0 N–H and O–H groups in total. The highest BCUT2D eigenvalue weighted by Crippen LogP contribution is 2.33. The lowest BCUT2D eigenvalue weighted by Gasteiger charge is -2.25. The maximum absolute atomic E-state index is 12.7. The van der Waals surface area contributed by atoms with E-state index in [0.717, 1.165) is 36.3 Å². The van der Waals surface area contributed by atoms with Gasteiger partial charge in [-0.05, 0) is 67.2 Å². The number of nitrogens with zero attached hydrogens (tertiary/aromatic N) is 1. The van der Waals surface area contributed by atoms with Gasteiger partial charge < -0.3 is 14.2 Å². The van der Waals surface area contributed by atoms with Crippen LogP contribution in [0.3, 0.4) is 0 Å². The van der Waals surface area contributed by atoms with Crippen molar-refractivity contribution in [2.75, 3.05) is 20.3 Å². The van der Waals surface area contributed by atoms with E-state index in [1.807, 2.05) is 6.07 Å². The lowest BCUT2D eigenvalue weighted by Crippen LogP contribution is -2.27. The number of esters is 1. The molecule has 1 saturated heterocycles. The lowest BCUT2D eigenvalue weighted by atomic mass is 9.82. The fraction of sp³-hybridized carbons (Fsp3) is 0.576. The first-order valence-electron chi connectivity index (χ1n) is 14.2. The third-order valence-corrected chi connectivity index (χ3v) is 7.76. The van der Waals surface area contributed by atoms with Crippen LogP contribution in [0.25, 0.3) is 0 Å². The molecule has 2 aromatic rings. The summed E-state index contributed by atoms with van der Waals surface area (Å²) in [6.07, 6.45) is 3.05. The molecule has 0 aliphatic carbocycles. The van der Waals surface area contributed by atoms with E-state index in [2.05, 4.69) is 84.0 Å². The summed E-state index contributed by atoms with van der Waals surface area (Å²) < 4.78 is 17.2. The third kappa shape index (κ3) is 8.42. The fourth-order valence-electron chi connectivity index (χ4n) is 5.10. The molecule has 1 aliphatic heterocycles. The van der Waals surface area contributed by atoms with Gasteiger partial charge in [0.2, 0.25) is 0 Å². The zero-order valence-corrected chi connectivity index (χ0v) is 24.4. The summed E-state index contributed by atoms with van der Waals surface area (Å²) in [4.78, 5) is 17.9. The van der Waals surface area contributed by atoms with Gasteiger partial charge >= 0.3 is 5.97 Å². The topological polar surface area (TPSA) is 57.1 Å². The summed E-state index contributed by atoms with van der Waals surface area (Å²) in [5.74, 6) is 1.85.